The third-order valence-corrected chi connectivity index (χ3v) is 11.1. The van der Waals surface area contributed by atoms with Crippen LogP contribution in [0, 0.1) is 5.92 Å². The lowest BCUT2D eigenvalue weighted by Gasteiger charge is -2.33. The van der Waals surface area contributed by atoms with Gasteiger partial charge < -0.3 is 93.1 Å². The molecule has 0 bridgehead atoms. The first kappa shape index (κ1) is 54.2. The first-order chi connectivity index (χ1) is 30.0. The summed E-state index contributed by atoms with van der Waals surface area (Å²) in [6, 6.07) is -8.43. The van der Waals surface area contributed by atoms with Gasteiger partial charge in [0, 0.05) is 31.8 Å². The number of hydrogen-bond acceptors (Lipinski definition) is 21. The van der Waals surface area contributed by atoms with Gasteiger partial charge in [0.25, 0.3) is 0 Å². The number of amides is 6. The van der Waals surface area contributed by atoms with Gasteiger partial charge in [-0.15, -0.1) is 0 Å². The van der Waals surface area contributed by atoms with Crippen LogP contribution in [0.15, 0.2) is 18.2 Å². The molecule has 0 aromatic heterocycles. The predicted molar refractivity (Wildman–Crippen MR) is 215 cm³/mol. The minimum absolute atomic E-state index is 0.0737. The highest BCUT2D eigenvalue weighted by Crippen LogP contribution is 2.32. The summed E-state index contributed by atoms with van der Waals surface area (Å²) in [4.78, 5) is 92.6. The van der Waals surface area contributed by atoms with Crippen molar-refractivity contribution in [1.82, 2.24) is 25.8 Å². The molecular weight excluding hydrogens is 896 g/mol. The maximum Gasteiger partial charge on any atom is 0.446 e. The first-order valence-electron chi connectivity index (χ1n) is 19.7. The molecule has 2 fully saturated rings. The van der Waals surface area contributed by atoms with E-state index in [0.29, 0.717) is 11.0 Å². The van der Waals surface area contributed by atoms with E-state index in [4.69, 9.17) is 21.8 Å². The van der Waals surface area contributed by atoms with Crippen molar-refractivity contribution in [2.24, 2.45) is 23.1 Å². The van der Waals surface area contributed by atoms with E-state index >= 15 is 0 Å². The van der Waals surface area contributed by atoms with Gasteiger partial charge in [-0.25, -0.2) is 0 Å². The summed E-state index contributed by atoms with van der Waals surface area (Å²) >= 11 is 0. The second-order valence-electron chi connectivity index (χ2n) is 15.9. The molecule has 2 aliphatic heterocycles. The van der Waals surface area contributed by atoms with Crippen molar-refractivity contribution < 1.29 is 96.7 Å². The minimum Gasteiger partial charge on any atom is -0.504 e. The van der Waals surface area contributed by atoms with Crippen LogP contribution in [-0.4, -0.2) is 202 Å². The van der Waals surface area contributed by atoms with E-state index in [1.54, 1.807) is 0 Å². The van der Waals surface area contributed by atoms with Gasteiger partial charge in [-0.3, -0.25) is 38.1 Å². The number of nitrogens with one attached hydrogen (secondary N) is 3. The predicted octanol–water partition coefficient (Wildman–Crippen LogP) is -8.85. The topological polar surface area (TPSA) is 486 Å². The second-order valence-corrected chi connectivity index (χ2v) is 16.9. The highest BCUT2D eigenvalue weighted by molar-refractivity contribution is 7.81. The van der Waals surface area contributed by atoms with Crippen LogP contribution in [0.4, 0.5) is 0 Å². The highest BCUT2D eigenvalue weighted by atomic mass is 32.3. The second kappa shape index (κ2) is 22.3. The number of carbonyl (C=O) groups excluding carboxylic acids is 7. The van der Waals surface area contributed by atoms with Crippen LogP contribution in [0.2, 0.25) is 0 Å². The minimum atomic E-state index is -5.18. The van der Waals surface area contributed by atoms with Gasteiger partial charge in [0.1, 0.15) is 42.5 Å². The normalized spacial score (nSPS) is 24.6. The maximum atomic E-state index is 14.0. The Balaban J connectivity index is 1.75. The quantitative estimate of drug-likeness (QED) is 0.0402. The number of β-amino-alcohol motifs (C(OH)–C–C–N with tert-alkyl or cyclic N) is 1. The molecule has 2 saturated heterocycles. The number of benzene rings is 1. The van der Waals surface area contributed by atoms with E-state index in [2.05, 4.69) is 9.50 Å². The SMILES string of the molecule is CC(=O)[C@@H]1C[C@@H](O)CN1C(=O)[C@@H](NC(=O)C(N)C[C@@H](O)[C@@H](O)NC(=O)[C@@H]1[C@@H](O)[C@@H](C)CN1C(=O)[C@@H](NC(=O)[C@@H](N)[C@H](O)[C@@H](O)c1ccc(O)c(OS(=O)(=O)O)c1)[C@H](O)CC(N)=O)[C@@H](C)O. The molecule has 0 saturated carbocycles. The van der Waals surface area contributed by atoms with Gasteiger partial charge in [-0.05, 0) is 31.5 Å². The average Bonchev–Trinajstić information content (AvgIpc) is 3.75. The third-order valence-electron chi connectivity index (χ3n) is 10.7. The number of aliphatic hydroxyl groups is 8. The molecule has 29 heteroatoms. The van der Waals surface area contributed by atoms with Crippen LogP contribution >= 0.6 is 0 Å². The van der Waals surface area contributed by atoms with E-state index in [9.17, 15) is 87.9 Å². The largest absolute Gasteiger partial charge is 0.504 e. The third kappa shape index (κ3) is 13.9. The zero-order chi connectivity index (χ0) is 49.6. The van der Waals surface area contributed by atoms with Crippen LogP contribution in [-0.2, 0) is 44.0 Å². The Morgan fingerprint density at radius 1 is 0.877 bits per heavy atom. The molecule has 15 atom stereocenters. The van der Waals surface area contributed by atoms with Crippen molar-refractivity contribution in [2.75, 3.05) is 13.1 Å². The van der Waals surface area contributed by atoms with Crippen molar-refractivity contribution in [2.45, 2.75) is 125 Å². The van der Waals surface area contributed by atoms with E-state index in [1.807, 2.05) is 10.6 Å². The summed E-state index contributed by atoms with van der Waals surface area (Å²) in [7, 11) is -5.18. The molecule has 6 amide bonds. The van der Waals surface area contributed by atoms with Crippen molar-refractivity contribution in [3.63, 3.8) is 0 Å². The molecule has 0 radical (unpaired) electrons. The monoisotopic (exact) mass is 952 g/mol. The van der Waals surface area contributed by atoms with Crippen molar-refractivity contribution in [3.05, 3.63) is 23.8 Å². The molecule has 0 aliphatic carbocycles. The average molecular weight is 953 g/mol. The number of phenols is 1. The van der Waals surface area contributed by atoms with Gasteiger partial charge in [0.2, 0.25) is 35.4 Å². The number of nitrogens with two attached hydrogens (primary N) is 3. The Morgan fingerprint density at radius 3 is 2.02 bits per heavy atom. The summed E-state index contributed by atoms with van der Waals surface area (Å²) in [5, 5.41) is 101. The van der Waals surface area contributed by atoms with Crippen molar-refractivity contribution >= 4 is 51.6 Å². The highest BCUT2D eigenvalue weighted by Gasteiger charge is 2.49. The van der Waals surface area contributed by atoms with Crippen LogP contribution in [0.3, 0.4) is 0 Å². The lowest BCUT2D eigenvalue weighted by atomic mass is 9.97. The van der Waals surface area contributed by atoms with Gasteiger partial charge in [-0.2, -0.15) is 8.42 Å². The summed E-state index contributed by atoms with van der Waals surface area (Å²) in [6.07, 6.45) is -17.2. The standard InChI is InChI=1S/C36H56N8O20S/c1-12-10-44(36(60)26(20(49)9-23(38)51)41-33(57)24(39)30(54)29(53)15-4-5-19(48)22(6-15)64-65(61,62)63)27(28(12)52)34(58)42-32(56)21(50)8-17(37)31(55)40-25(14(3)46)35(59)43-11-16(47)7-18(43)13(2)45/h4-6,12,14,16-18,20-21,24-30,32,46-50,52-54,56H,7-11,37,39H2,1-3H3,(H2,38,51)(H,40,55)(H,41,57)(H,42,58)(H,61,62,63)/t12-,14+,16+,17?,18-,20+,21+,24-,25-,26-,27-,28-,29-,30-,32+/m0/s1. The number of phenolic OH excluding ortho intramolecular Hbond substituents is 1. The van der Waals surface area contributed by atoms with Crippen LogP contribution in [0.25, 0.3) is 0 Å². The van der Waals surface area contributed by atoms with E-state index in [-0.39, 0.29) is 13.0 Å². The number of primary amides is 1. The molecule has 1 unspecified atom stereocenters. The van der Waals surface area contributed by atoms with Gasteiger partial charge in [0.05, 0.1) is 42.9 Å². The van der Waals surface area contributed by atoms with Crippen molar-refractivity contribution in [3.8, 4) is 11.5 Å². The Hall–Kier alpha value is -5.18. The molecular formula is C36H56N8O20S. The molecule has 19 N–H and O–H groups in total. The summed E-state index contributed by atoms with van der Waals surface area (Å²) < 4.78 is 35.4. The zero-order valence-electron chi connectivity index (χ0n) is 35.0. The summed E-state index contributed by atoms with van der Waals surface area (Å²) in [5.41, 5.74) is 16.5. The Labute approximate surface area is 370 Å². The van der Waals surface area contributed by atoms with Gasteiger partial charge >= 0.3 is 10.4 Å². The fraction of sp³-hybridized carbons (Fsp3) is 0.639. The lowest BCUT2D eigenvalue weighted by molar-refractivity contribution is -0.148. The Kier molecular flexibility index (Phi) is 18.6. The molecule has 366 valence electrons. The summed E-state index contributed by atoms with van der Waals surface area (Å²) in [5.74, 6) is -10.6. The van der Waals surface area contributed by atoms with Crippen LogP contribution in [0.1, 0.15) is 51.7 Å². The number of Topliss-reactive ketones (excluding diaryl/α,β-unsaturated/α-hetero) is 1. The molecule has 3 rings (SSSR count). The van der Waals surface area contributed by atoms with Crippen LogP contribution < -0.4 is 37.3 Å². The maximum absolute atomic E-state index is 14.0. The molecule has 1 aromatic rings. The number of hydrogen-bond donors (Lipinski definition) is 16. The van der Waals surface area contributed by atoms with Gasteiger partial charge in [-0.1, -0.05) is 13.0 Å². The van der Waals surface area contributed by atoms with Gasteiger partial charge in [0.15, 0.2) is 23.5 Å². The molecule has 1 aromatic carbocycles. The molecule has 65 heavy (non-hydrogen) atoms. The van der Waals surface area contributed by atoms with E-state index < -0.39 is 179 Å². The number of ketones is 1. The van der Waals surface area contributed by atoms with Crippen LogP contribution in [0.5, 0.6) is 11.5 Å². The Morgan fingerprint density at radius 2 is 1.46 bits per heavy atom. The first-order valence-corrected chi connectivity index (χ1v) is 21.1. The number of likely N-dealkylation sites (tertiary alicyclic amines) is 2. The zero-order valence-corrected chi connectivity index (χ0v) is 35.8. The lowest BCUT2D eigenvalue weighted by Crippen LogP contribution is -2.63. The number of carbonyl (C=O) groups is 7. The van der Waals surface area contributed by atoms with E-state index in [0.717, 1.165) is 24.0 Å². The molecule has 28 nitrogen and oxygen atoms in total. The fourth-order valence-electron chi connectivity index (χ4n) is 7.16. The van der Waals surface area contributed by atoms with Crippen molar-refractivity contribution in [1.29, 1.82) is 0 Å². The molecule has 0 spiro atoms. The fourth-order valence-corrected chi connectivity index (χ4v) is 7.52. The molecule has 2 aliphatic rings. The number of aliphatic hydroxyl groups excluding tert-OH is 8. The Bertz CT molecular complexity index is 2050. The number of aromatic hydroxyl groups is 1. The summed E-state index contributed by atoms with van der Waals surface area (Å²) in [6.45, 7) is 2.96. The smallest absolute Gasteiger partial charge is 0.446 e. The molecule has 2 heterocycles. The number of nitrogens with zero attached hydrogens (tertiary/aromatic N) is 2. The van der Waals surface area contributed by atoms with E-state index in [1.165, 1.54) is 13.8 Å². The number of rotatable bonds is 21.